The summed E-state index contributed by atoms with van der Waals surface area (Å²) in [6, 6.07) is 7.63. The predicted octanol–water partition coefficient (Wildman–Crippen LogP) is 2.76. The van der Waals surface area contributed by atoms with Crippen LogP contribution in [0.1, 0.15) is 65.5 Å². The fourth-order valence-electron chi connectivity index (χ4n) is 4.87. The van der Waals surface area contributed by atoms with Crippen molar-refractivity contribution in [2.24, 2.45) is 22.6 Å². The lowest BCUT2D eigenvalue weighted by atomic mass is 9.89. The smallest absolute Gasteiger partial charge is 0.231 e. The van der Waals surface area contributed by atoms with Gasteiger partial charge >= 0.3 is 0 Å². The number of hydrogen-bond donors (Lipinski definition) is 2. The molecule has 1 aromatic rings. The first-order valence-electron chi connectivity index (χ1n) is 10.7. The molecule has 1 saturated carbocycles. The standard InChI is InChI=1S/C23H32N4O3/c1-13(27-19(28)12-22(2,3)26-21(27)24)15-10-16(15)20(29)25-17-11-23(4,5)30-18-9-7-6-8-14(17)18/h6-9,13,15-17H,10-12H2,1-5H3,(H2,24,26)(H,25,29)/t13-,15?,16?,17+/m1/s1. The molecule has 1 aliphatic carbocycles. The van der Waals surface area contributed by atoms with Gasteiger partial charge in [0.1, 0.15) is 11.4 Å². The van der Waals surface area contributed by atoms with E-state index in [0.717, 1.165) is 17.7 Å². The van der Waals surface area contributed by atoms with Crippen molar-refractivity contribution in [1.29, 1.82) is 0 Å². The van der Waals surface area contributed by atoms with E-state index in [-0.39, 0.29) is 47.3 Å². The Morgan fingerprint density at radius 2 is 2.00 bits per heavy atom. The Kier molecular flexibility index (Phi) is 4.83. The number of benzene rings is 1. The van der Waals surface area contributed by atoms with Crippen molar-refractivity contribution in [3.63, 3.8) is 0 Å². The zero-order chi connectivity index (χ0) is 21.8. The Bertz CT molecular complexity index is 907. The van der Waals surface area contributed by atoms with E-state index in [1.54, 1.807) is 4.90 Å². The first-order valence-corrected chi connectivity index (χ1v) is 10.7. The van der Waals surface area contributed by atoms with Crippen molar-refractivity contribution in [3.8, 4) is 5.75 Å². The number of carbonyl (C=O) groups excluding carboxylic acids is 2. The minimum atomic E-state index is -0.471. The molecule has 0 bridgehead atoms. The summed E-state index contributed by atoms with van der Waals surface area (Å²) in [4.78, 5) is 31.7. The summed E-state index contributed by atoms with van der Waals surface area (Å²) in [5, 5.41) is 3.23. The van der Waals surface area contributed by atoms with Crippen LogP contribution in [0.15, 0.2) is 29.3 Å². The van der Waals surface area contributed by atoms with Gasteiger partial charge in [0.2, 0.25) is 11.8 Å². The van der Waals surface area contributed by atoms with Crippen molar-refractivity contribution in [1.82, 2.24) is 10.2 Å². The fraction of sp³-hybridized carbons (Fsp3) is 0.609. The number of ether oxygens (including phenoxy) is 1. The summed E-state index contributed by atoms with van der Waals surface area (Å²) < 4.78 is 6.06. The third-order valence-corrected chi connectivity index (χ3v) is 6.41. The summed E-state index contributed by atoms with van der Waals surface area (Å²) in [5.41, 5.74) is 6.30. The number of hydrogen-bond acceptors (Lipinski definition) is 5. The van der Waals surface area contributed by atoms with Crippen molar-refractivity contribution >= 4 is 17.8 Å². The summed E-state index contributed by atoms with van der Waals surface area (Å²) in [6.07, 6.45) is 1.79. The van der Waals surface area contributed by atoms with Gasteiger partial charge in [-0.3, -0.25) is 14.5 Å². The van der Waals surface area contributed by atoms with Gasteiger partial charge in [0.05, 0.1) is 18.0 Å². The Morgan fingerprint density at radius 3 is 2.70 bits per heavy atom. The number of nitrogens with zero attached hydrogens (tertiary/aromatic N) is 2. The van der Waals surface area contributed by atoms with Crippen molar-refractivity contribution in [2.75, 3.05) is 0 Å². The van der Waals surface area contributed by atoms with Gasteiger partial charge in [-0.05, 0) is 53.0 Å². The van der Waals surface area contributed by atoms with E-state index in [0.29, 0.717) is 12.8 Å². The van der Waals surface area contributed by atoms with Crippen molar-refractivity contribution in [2.45, 2.75) is 77.1 Å². The molecule has 162 valence electrons. The van der Waals surface area contributed by atoms with Crippen molar-refractivity contribution in [3.05, 3.63) is 29.8 Å². The van der Waals surface area contributed by atoms with Gasteiger partial charge in [0.25, 0.3) is 0 Å². The topological polar surface area (TPSA) is 97.0 Å². The molecule has 30 heavy (non-hydrogen) atoms. The van der Waals surface area contributed by atoms with Crippen LogP contribution in [0, 0.1) is 11.8 Å². The first-order chi connectivity index (χ1) is 14.0. The summed E-state index contributed by atoms with van der Waals surface area (Å²) in [5.74, 6) is 1.07. The third-order valence-electron chi connectivity index (χ3n) is 6.41. The SMILES string of the molecule is C[C@H](C1CC1C(=O)N[C@H]1CC(C)(C)Oc2ccccc21)N1C(=O)CC(C)(C)N=C1N. The maximum Gasteiger partial charge on any atom is 0.231 e. The number of guanidine groups is 1. The minimum Gasteiger partial charge on any atom is -0.487 e. The molecule has 3 N–H and O–H groups in total. The molecule has 4 rings (SSSR count). The highest BCUT2D eigenvalue weighted by Crippen LogP contribution is 2.45. The molecule has 7 nitrogen and oxygen atoms in total. The Balaban J connectivity index is 1.44. The number of amides is 2. The van der Waals surface area contributed by atoms with E-state index in [9.17, 15) is 9.59 Å². The van der Waals surface area contributed by atoms with Crippen LogP contribution in [0.5, 0.6) is 5.75 Å². The van der Waals surface area contributed by atoms with Crippen LogP contribution in [0.2, 0.25) is 0 Å². The van der Waals surface area contributed by atoms with Crippen molar-refractivity contribution < 1.29 is 14.3 Å². The molecule has 2 heterocycles. The highest BCUT2D eigenvalue weighted by Gasteiger charge is 2.51. The number of carbonyl (C=O) groups is 2. The zero-order valence-electron chi connectivity index (χ0n) is 18.4. The molecule has 1 fully saturated rings. The van der Waals surface area contributed by atoms with Crippen LogP contribution >= 0.6 is 0 Å². The summed E-state index contributed by atoms with van der Waals surface area (Å²) >= 11 is 0. The fourth-order valence-corrected chi connectivity index (χ4v) is 4.87. The second kappa shape index (κ2) is 7.00. The average Bonchev–Trinajstić information content (AvgIpc) is 3.39. The van der Waals surface area contributed by atoms with Crippen LogP contribution in [-0.2, 0) is 9.59 Å². The highest BCUT2D eigenvalue weighted by molar-refractivity contribution is 5.99. The number of aliphatic imine (C=N–C) groups is 1. The normalized spacial score (nSPS) is 29.9. The largest absolute Gasteiger partial charge is 0.487 e. The van der Waals surface area contributed by atoms with Crippen LogP contribution in [0.3, 0.4) is 0 Å². The number of nitrogens with two attached hydrogens (primary N) is 1. The first kappa shape index (κ1) is 20.7. The number of rotatable bonds is 4. The highest BCUT2D eigenvalue weighted by atomic mass is 16.5. The minimum absolute atomic E-state index is 0.0221. The Morgan fingerprint density at radius 1 is 1.30 bits per heavy atom. The van der Waals surface area contributed by atoms with Gasteiger partial charge < -0.3 is 15.8 Å². The average molecular weight is 413 g/mol. The maximum absolute atomic E-state index is 13.0. The van der Waals surface area contributed by atoms with E-state index in [2.05, 4.69) is 10.3 Å². The Hall–Kier alpha value is -2.57. The van der Waals surface area contributed by atoms with Gasteiger partial charge in [0.15, 0.2) is 5.96 Å². The van der Waals surface area contributed by atoms with E-state index >= 15 is 0 Å². The van der Waals surface area contributed by atoms with Crippen LogP contribution in [0.4, 0.5) is 0 Å². The van der Waals surface area contributed by atoms with E-state index in [4.69, 9.17) is 10.5 Å². The molecule has 4 atom stereocenters. The van der Waals surface area contributed by atoms with Crippen LogP contribution in [-0.4, -0.2) is 39.9 Å². The molecular formula is C23H32N4O3. The van der Waals surface area contributed by atoms with Gasteiger partial charge in [-0.1, -0.05) is 18.2 Å². The molecule has 7 heteroatoms. The second-order valence-corrected chi connectivity index (χ2v) is 10.1. The quantitative estimate of drug-likeness (QED) is 0.795. The van der Waals surface area contributed by atoms with E-state index < -0.39 is 5.54 Å². The molecule has 2 unspecified atom stereocenters. The van der Waals surface area contributed by atoms with Crippen LogP contribution < -0.4 is 15.8 Å². The molecule has 3 aliphatic rings. The molecule has 0 aromatic heterocycles. The number of nitrogens with one attached hydrogen (secondary N) is 1. The van der Waals surface area contributed by atoms with Gasteiger partial charge in [-0.25, -0.2) is 4.99 Å². The second-order valence-electron chi connectivity index (χ2n) is 10.1. The number of fused-ring (bicyclic) bond motifs is 1. The zero-order valence-corrected chi connectivity index (χ0v) is 18.4. The summed E-state index contributed by atoms with van der Waals surface area (Å²) in [7, 11) is 0. The lowest BCUT2D eigenvalue weighted by Gasteiger charge is -2.38. The van der Waals surface area contributed by atoms with Crippen LogP contribution in [0.25, 0.3) is 0 Å². The summed E-state index contributed by atoms with van der Waals surface area (Å²) in [6.45, 7) is 9.84. The van der Waals surface area contributed by atoms with E-state index in [1.807, 2.05) is 58.9 Å². The Labute approximate surface area is 178 Å². The van der Waals surface area contributed by atoms with Gasteiger partial charge in [-0.2, -0.15) is 0 Å². The molecule has 0 spiro atoms. The predicted molar refractivity (Wildman–Crippen MR) is 115 cm³/mol. The lowest BCUT2D eigenvalue weighted by molar-refractivity contribution is -0.132. The van der Waals surface area contributed by atoms with Gasteiger partial charge in [0, 0.05) is 23.9 Å². The molecule has 1 aromatic carbocycles. The lowest BCUT2D eigenvalue weighted by Crippen LogP contribution is -2.54. The molecule has 0 saturated heterocycles. The molecular weight excluding hydrogens is 380 g/mol. The molecule has 2 amide bonds. The third kappa shape index (κ3) is 3.89. The molecule has 2 aliphatic heterocycles. The monoisotopic (exact) mass is 412 g/mol. The van der Waals surface area contributed by atoms with Gasteiger partial charge in [-0.15, -0.1) is 0 Å². The van der Waals surface area contributed by atoms with E-state index in [1.165, 1.54) is 0 Å². The number of para-hydroxylation sites is 1. The molecule has 0 radical (unpaired) electrons. The maximum atomic E-state index is 13.0.